The summed E-state index contributed by atoms with van der Waals surface area (Å²) < 4.78 is 7.04. The van der Waals surface area contributed by atoms with Crippen molar-refractivity contribution in [2.75, 3.05) is 19.1 Å². The van der Waals surface area contributed by atoms with Crippen LogP contribution < -0.4 is 9.64 Å². The Morgan fingerprint density at radius 2 is 1.80 bits per heavy atom. The number of carbonyl (C=O) groups is 1. The molecule has 2 aromatic carbocycles. The summed E-state index contributed by atoms with van der Waals surface area (Å²) in [5.41, 5.74) is 3.62. The van der Waals surface area contributed by atoms with Crippen LogP contribution in [-0.4, -0.2) is 29.4 Å². The summed E-state index contributed by atoms with van der Waals surface area (Å²) in [6, 6.07) is 18.7. The van der Waals surface area contributed by atoms with E-state index in [-0.39, 0.29) is 12.3 Å². The standard InChI is InChI=1S/C23H19Cl2N3O2/c1-27(17-6-4-3-5-7-17)21(29)13-20-22(15-8-10-18(30-2)11-9-15)26-23-19(25)12-16(24)14-28(20)23/h3-12,14H,13H2,1-2H3. The molecule has 30 heavy (non-hydrogen) atoms. The molecule has 2 aromatic heterocycles. The summed E-state index contributed by atoms with van der Waals surface area (Å²) in [7, 11) is 3.37. The molecule has 0 spiro atoms. The normalized spacial score (nSPS) is 10.9. The van der Waals surface area contributed by atoms with Gasteiger partial charge in [0.15, 0.2) is 5.65 Å². The van der Waals surface area contributed by atoms with Crippen LogP contribution in [-0.2, 0) is 11.2 Å². The van der Waals surface area contributed by atoms with Crippen LogP contribution in [0.1, 0.15) is 5.69 Å². The number of methoxy groups -OCH3 is 1. The third-order valence-electron chi connectivity index (χ3n) is 4.94. The first-order chi connectivity index (χ1) is 14.5. The molecule has 0 unspecified atom stereocenters. The Balaban J connectivity index is 1.81. The number of fused-ring (bicyclic) bond motifs is 1. The fourth-order valence-electron chi connectivity index (χ4n) is 3.33. The van der Waals surface area contributed by atoms with Gasteiger partial charge in [0.1, 0.15) is 5.75 Å². The van der Waals surface area contributed by atoms with E-state index in [1.807, 2.05) is 54.6 Å². The van der Waals surface area contributed by atoms with E-state index in [1.54, 1.807) is 35.7 Å². The number of anilines is 1. The van der Waals surface area contributed by atoms with Gasteiger partial charge in [0.2, 0.25) is 5.91 Å². The number of amides is 1. The molecule has 4 aromatic rings. The highest BCUT2D eigenvalue weighted by Gasteiger charge is 2.21. The van der Waals surface area contributed by atoms with Crippen LogP contribution in [0.25, 0.3) is 16.9 Å². The first-order valence-corrected chi connectivity index (χ1v) is 10.1. The van der Waals surface area contributed by atoms with Crippen LogP contribution in [0.5, 0.6) is 5.75 Å². The summed E-state index contributed by atoms with van der Waals surface area (Å²) in [4.78, 5) is 19.5. The van der Waals surface area contributed by atoms with Gasteiger partial charge in [-0.3, -0.25) is 4.79 Å². The van der Waals surface area contributed by atoms with E-state index in [2.05, 4.69) is 0 Å². The summed E-state index contributed by atoms with van der Waals surface area (Å²) >= 11 is 12.6. The van der Waals surface area contributed by atoms with E-state index >= 15 is 0 Å². The number of carbonyl (C=O) groups excluding carboxylic acids is 1. The topological polar surface area (TPSA) is 46.8 Å². The smallest absolute Gasteiger partial charge is 0.232 e. The van der Waals surface area contributed by atoms with Crippen LogP contribution in [0.4, 0.5) is 5.69 Å². The summed E-state index contributed by atoms with van der Waals surface area (Å²) in [5, 5.41) is 0.892. The van der Waals surface area contributed by atoms with Gasteiger partial charge in [-0.15, -0.1) is 0 Å². The Morgan fingerprint density at radius 1 is 1.10 bits per heavy atom. The van der Waals surface area contributed by atoms with Crippen molar-refractivity contribution in [1.29, 1.82) is 0 Å². The molecule has 0 atom stereocenters. The fraction of sp³-hybridized carbons (Fsp3) is 0.130. The van der Waals surface area contributed by atoms with Crippen LogP contribution in [0.3, 0.4) is 0 Å². The Morgan fingerprint density at radius 3 is 2.47 bits per heavy atom. The van der Waals surface area contributed by atoms with Gasteiger partial charge >= 0.3 is 0 Å². The maximum atomic E-state index is 13.1. The summed E-state index contributed by atoms with van der Waals surface area (Å²) in [5.74, 6) is 0.666. The van der Waals surface area contributed by atoms with Crippen molar-refractivity contribution in [1.82, 2.24) is 9.38 Å². The number of likely N-dealkylation sites (N-methyl/N-ethyl adjacent to an activating group) is 1. The van der Waals surface area contributed by atoms with Gasteiger partial charge in [-0.05, 0) is 42.5 Å². The molecule has 0 saturated carbocycles. The highest BCUT2D eigenvalue weighted by Crippen LogP contribution is 2.31. The third kappa shape index (κ3) is 3.86. The molecule has 0 bridgehead atoms. The molecule has 0 aliphatic heterocycles. The zero-order valence-electron chi connectivity index (χ0n) is 16.5. The number of ether oxygens (including phenoxy) is 1. The third-order valence-corrected chi connectivity index (χ3v) is 5.43. The largest absolute Gasteiger partial charge is 0.497 e. The van der Waals surface area contributed by atoms with Gasteiger partial charge in [0, 0.05) is 24.5 Å². The number of halogens is 2. The molecular weight excluding hydrogens is 421 g/mol. The van der Waals surface area contributed by atoms with Gasteiger partial charge in [-0.2, -0.15) is 0 Å². The molecule has 2 heterocycles. The number of benzene rings is 2. The molecule has 0 radical (unpaired) electrons. The maximum Gasteiger partial charge on any atom is 0.232 e. The van der Waals surface area contributed by atoms with Crippen LogP contribution in [0.15, 0.2) is 66.9 Å². The number of imidazole rings is 1. The monoisotopic (exact) mass is 439 g/mol. The Bertz CT molecular complexity index is 1200. The molecular formula is C23H19Cl2N3O2. The second-order valence-corrected chi connectivity index (χ2v) is 7.64. The number of aromatic nitrogens is 2. The van der Waals surface area contributed by atoms with Gasteiger partial charge < -0.3 is 14.0 Å². The van der Waals surface area contributed by atoms with Crippen LogP contribution in [0.2, 0.25) is 10.0 Å². The second-order valence-electron chi connectivity index (χ2n) is 6.80. The molecule has 1 amide bonds. The zero-order valence-corrected chi connectivity index (χ0v) is 18.0. The van der Waals surface area contributed by atoms with Gasteiger partial charge in [0.05, 0.1) is 35.0 Å². The van der Waals surface area contributed by atoms with E-state index < -0.39 is 0 Å². The molecule has 152 valence electrons. The first-order valence-electron chi connectivity index (χ1n) is 9.30. The van der Waals surface area contributed by atoms with Crippen molar-refractivity contribution in [3.63, 3.8) is 0 Å². The summed E-state index contributed by atoms with van der Waals surface area (Å²) in [6.45, 7) is 0. The van der Waals surface area contributed by atoms with Crippen molar-refractivity contribution in [3.8, 4) is 17.0 Å². The average Bonchev–Trinajstić information content (AvgIpc) is 3.12. The molecule has 5 nitrogen and oxygen atoms in total. The Hall–Kier alpha value is -3.02. The maximum absolute atomic E-state index is 13.1. The first kappa shape index (κ1) is 20.3. The van der Waals surface area contributed by atoms with Crippen molar-refractivity contribution >= 4 is 40.4 Å². The van der Waals surface area contributed by atoms with Gasteiger partial charge in [-0.25, -0.2) is 4.98 Å². The van der Waals surface area contributed by atoms with E-state index in [0.717, 1.165) is 17.0 Å². The lowest BCUT2D eigenvalue weighted by Gasteiger charge is -2.17. The fourth-order valence-corrected chi connectivity index (χ4v) is 3.84. The van der Waals surface area contributed by atoms with E-state index in [1.165, 1.54) is 0 Å². The number of nitrogens with zero attached hydrogens (tertiary/aromatic N) is 3. The van der Waals surface area contributed by atoms with Gasteiger partial charge in [0.25, 0.3) is 0 Å². The van der Waals surface area contributed by atoms with Gasteiger partial charge in [-0.1, -0.05) is 41.4 Å². The zero-order chi connectivity index (χ0) is 21.3. The minimum atomic E-state index is -0.0751. The van der Waals surface area contributed by atoms with E-state index in [4.69, 9.17) is 32.9 Å². The highest BCUT2D eigenvalue weighted by atomic mass is 35.5. The van der Waals surface area contributed by atoms with Crippen molar-refractivity contribution < 1.29 is 9.53 Å². The number of hydrogen-bond donors (Lipinski definition) is 0. The number of para-hydroxylation sites is 1. The molecule has 0 N–H and O–H groups in total. The minimum Gasteiger partial charge on any atom is -0.497 e. The summed E-state index contributed by atoms with van der Waals surface area (Å²) in [6.07, 6.45) is 1.86. The lowest BCUT2D eigenvalue weighted by molar-refractivity contribution is -0.117. The number of pyridine rings is 1. The second kappa shape index (κ2) is 8.38. The van der Waals surface area contributed by atoms with E-state index in [9.17, 15) is 4.79 Å². The Kier molecular flexibility index (Phi) is 5.66. The Labute approximate surface area is 184 Å². The predicted molar refractivity (Wildman–Crippen MR) is 121 cm³/mol. The van der Waals surface area contributed by atoms with Crippen molar-refractivity contribution in [2.24, 2.45) is 0 Å². The SMILES string of the molecule is COc1ccc(-c2nc3c(Cl)cc(Cl)cn3c2CC(=O)N(C)c2ccccc2)cc1. The van der Waals surface area contributed by atoms with E-state index in [0.29, 0.717) is 27.1 Å². The molecule has 4 rings (SSSR count). The van der Waals surface area contributed by atoms with Crippen molar-refractivity contribution in [2.45, 2.75) is 6.42 Å². The lowest BCUT2D eigenvalue weighted by Crippen LogP contribution is -2.28. The average molecular weight is 440 g/mol. The predicted octanol–water partition coefficient (Wildman–Crippen LogP) is 5.52. The van der Waals surface area contributed by atoms with Crippen LogP contribution >= 0.6 is 23.2 Å². The van der Waals surface area contributed by atoms with Crippen molar-refractivity contribution in [3.05, 3.63) is 82.6 Å². The molecule has 7 heteroatoms. The molecule has 0 saturated heterocycles. The molecule has 0 aliphatic rings. The van der Waals surface area contributed by atoms with Crippen LogP contribution in [0, 0.1) is 0 Å². The highest BCUT2D eigenvalue weighted by molar-refractivity contribution is 6.36. The lowest BCUT2D eigenvalue weighted by atomic mass is 10.1. The minimum absolute atomic E-state index is 0.0751. The quantitative estimate of drug-likeness (QED) is 0.411. The molecule has 0 fully saturated rings. The number of rotatable bonds is 5. The molecule has 0 aliphatic carbocycles. The number of hydrogen-bond acceptors (Lipinski definition) is 3.